The first-order chi connectivity index (χ1) is 13.4. The van der Waals surface area contributed by atoms with E-state index in [-0.39, 0.29) is 38.2 Å². The molecule has 4 aromatic rings. The Balaban J connectivity index is 0.00000205. The molecule has 1 aliphatic rings. The molecule has 0 fully saturated rings. The van der Waals surface area contributed by atoms with Gasteiger partial charge < -0.3 is 9.88 Å². The van der Waals surface area contributed by atoms with Crippen LogP contribution in [0.2, 0.25) is 0 Å². The summed E-state index contributed by atoms with van der Waals surface area (Å²) in [6.45, 7) is 4.29. The van der Waals surface area contributed by atoms with Gasteiger partial charge in [-0.15, -0.1) is 11.6 Å². The van der Waals surface area contributed by atoms with E-state index in [0.29, 0.717) is 0 Å². The second-order valence-electron chi connectivity index (χ2n) is 8.11. The zero-order valence-corrected chi connectivity index (χ0v) is 19.7. The quantitative estimate of drug-likeness (QED) is 0.371. The van der Waals surface area contributed by atoms with Gasteiger partial charge in [-0.05, 0) is 11.5 Å². The van der Waals surface area contributed by atoms with Gasteiger partial charge in [-0.3, -0.25) is 0 Å². The standard InChI is InChI=1S/C23H18B3N2.Y/c1-22(2)20-17(23(24,26-25)27-22)13-16(14-9-5-4-6-10-14)21-19(20)15-11-7-8-12-18(15)28(21)3;/h4-9,11-12,27H,1-3H3;/q-2;. The Morgan fingerprint density at radius 3 is 2.52 bits per heavy atom. The molecule has 0 aliphatic carbocycles. The Morgan fingerprint density at radius 1 is 1.10 bits per heavy atom. The van der Waals surface area contributed by atoms with Crippen molar-refractivity contribution in [2.75, 3.05) is 0 Å². The molecule has 1 aliphatic heterocycles. The maximum atomic E-state index is 6.69. The topological polar surface area (TPSA) is 17.0 Å². The molecule has 0 bridgehead atoms. The van der Waals surface area contributed by atoms with Crippen molar-refractivity contribution in [3.8, 4) is 11.1 Å². The van der Waals surface area contributed by atoms with Crippen LogP contribution in [0, 0.1) is 12.1 Å². The van der Waals surface area contributed by atoms with Crippen LogP contribution in [-0.2, 0) is 50.6 Å². The monoisotopic (exact) mass is 444 g/mol. The maximum absolute atomic E-state index is 6.69. The van der Waals surface area contributed by atoms with E-state index < -0.39 is 5.34 Å². The molecule has 134 valence electrons. The zero-order valence-electron chi connectivity index (χ0n) is 16.9. The number of nitrogens with one attached hydrogen (secondary N) is 1. The molecule has 2 heterocycles. The van der Waals surface area contributed by atoms with Crippen LogP contribution in [0.3, 0.4) is 0 Å². The van der Waals surface area contributed by atoms with Crippen molar-refractivity contribution < 1.29 is 32.7 Å². The summed E-state index contributed by atoms with van der Waals surface area (Å²) in [7, 11) is 16.3. The summed E-state index contributed by atoms with van der Waals surface area (Å²) in [4.78, 5) is 0. The molecule has 3 aromatic carbocycles. The minimum atomic E-state index is -0.937. The first kappa shape index (κ1) is 21.0. The minimum absolute atomic E-state index is 0. The first-order valence-electron chi connectivity index (χ1n) is 9.46. The molecule has 0 amide bonds. The molecule has 5 rings (SSSR count). The van der Waals surface area contributed by atoms with E-state index in [9.17, 15) is 0 Å². The number of rotatable bonds is 2. The number of benzene rings is 3. The van der Waals surface area contributed by atoms with Crippen molar-refractivity contribution in [1.29, 1.82) is 0 Å². The Labute approximate surface area is 200 Å². The second-order valence-corrected chi connectivity index (χ2v) is 8.11. The molecular formula is C23H18B3N2Y-2. The number of hydrogen-bond donors (Lipinski definition) is 1. The molecule has 0 spiro atoms. The molecule has 6 heteroatoms. The fraction of sp³-hybridized carbons (Fsp3) is 0.217. The maximum Gasteiger partial charge on any atom is 0.0861 e. The van der Waals surface area contributed by atoms with E-state index in [4.69, 9.17) is 15.6 Å². The molecule has 1 aromatic heterocycles. The van der Waals surface area contributed by atoms with Crippen LogP contribution >= 0.6 is 0 Å². The largest absolute Gasteiger partial charge is 0.392 e. The van der Waals surface area contributed by atoms with E-state index in [1.54, 1.807) is 0 Å². The van der Waals surface area contributed by atoms with Crippen molar-refractivity contribution in [3.05, 3.63) is 71.8 Å². The van der Waals surface area contributed by atoms with Crippen molar-refractivity contribution >= 4 is 44.6 Å². The van der Waals surface area contributed by atoms with Crippen LogP contribution < -0.4 is 5.32 Å². The van der Waals surface area contributed by atoms with E-state index in [1.807, 2.05) is 18.2 Å². The molecule has 0 saturated heterocycles. The zero-order chi connectivity index (χ0) is 19.7. The van der Waals surface area contributed by atoms with Crippen LogP contribution in [0.4, 0.5) is 0 Å². The van der Waals surface area contributed by atoms with Gasteiger partial charge in [0, 0.05) is 58.5 Å². The molecule has 1 unspecified atom stereocenters. The Kier molecular flexibility index (Phi) is 5.17. The van der Waals surface area contributed by atoms with Gasteiger partial charge in [0.2, 0.25) is 0 Å². The Morgan fingerprint density at radius 2 is 1.83 bits per heavy atom. The minimum Gasteiger partial charge on any atom is -0.392 e. The van der Waals surface area contributed by atoms with Gasteiger partial charge in [0.1, 0.15) is 0 Å². The number of fused-ring (bicyclic) bond motifs is 5. The SMILES string of the molecule is [B][B]C1([B])NC(C)(C)c2c1[c-]c(-c1[c-]cccc1)c1c2c2ccccc2n1C.[Y]. The predicted octanol–water partition coefficient (Wildman–Crippen LogP) is 3.50. The molecular weight excluding hydrogens is 426 g/mol. The van der Waals surface area contributed by atoms with Gasteiger partial charge in [-0.1, -0.05) is 53.9 Å². The van der Waals surface area contributed by atoms with E-state index in [1.165, 1.54) is 23.5 Å². The van der Waals surface area contributed by atoms with Crippen molar-refractivity contribution in [2.45, 2.75) is 24.7 Å². The third-order valence-corrected chi connectivity index (χ3v) is 5.89. The summed E-state index contributed by atoms with van der Waals surface area (Å²) in [6, 6.07) is 23.5. The van der Waals surface area contributed by atoms with Crippen LogP contribution in [-0.4, -0.2) is 27.3 Å². The summed E-state index contributed by atoms with van der Waals surface area (Å²) in [5.41, 5.74) is 6.00. The van der Waals surface area contributed by atoms with Gasteiger partial charge in [-0.25, -0.2) is 11.1 Å². The molecule has 0 saturated carbocycles. The smallest absolute Gasteiger partial charge is 0.0861 e. The van der Waals surface area contributed by atoms with Crippen LogP contribution in [0.25, 0.3) is 32.9 Å². The van der Waals surface area contributed by atoms with Crippen LogP contribution in [0.5, 0.6) is 0 Å². The van der Waals surface area contributed by atoms with Gasteiger partial charge in [0.05, 0.1) is 15.0 Å². The summed E-state index contributed by atoms with van der Waals surface area (Å²) in [5, 5.41) is 4.98. The van der Waals surface area contributed by atoms with E-state index in [2.05, 4.69) is 73.2 Å². The number of aryl methyl sites for hydroxylation is 1. The molecule has 6 radical (unpaired) electrons. The van der Waals surface area contributed by atoms with Crippen LogP contribution in [0.1, 0.15) is 25.0 Å². The average Bonchev–Trinajstić information content (AvgIpc) is 3.11. The Bertz CT molecular complexity index is 1230. The molecule has 1 atom stereocenters. The fourth-order valence-electron chi connectivity index (χ4n) is 4.76. The first-order valence-corrected chi connectivity index (χ1v) is 9.46. The van der Waals surface area contributed by atoms with Gasteiger partial charge in [-0.2, -0.15) is 30.3 Å². The van der Waals surface area contributed by atoms with Gasteiger partial charge >= 0.3 is 0 Å². The van der Waals surface area contributed by atoms with E-state index in [0.717, 1.165) is 27.8 Å². The van der Waals surface area contributed by atoms with Crippen LogP contribution in [0.15, 0.2) is 48.5 Å². The summed E-state index contributed by atoms with van der Waals surface area (Å²) in [5.74, 6) is 0. The number of aromatic nitrogens is 1. The summed E-state index contributed by atoms with van der Waals surface area (Å²) in [6.07, 6.45) is 0. The second kappa shape index (κ2) is 7.15. The van der Waals surface area contributed by atoms with Crippen molar-refractivity contribution in [2.24, 2.45) is 7.05 Å². The third kappa shape index (κ3) is 2.92. The molecule has 29 heavy (non-hydrogen) atoms. The summed E-state index contributed by atoms with van der Waals surface area (Å²) < 4.78 is 2.25. The number of nitrogens with zero attached hydrogens (tertiary/aromatic N) is 1. The van der Waals surface area contributed by atoms with Crippen molar-refractivity contribution in [3.63, 3.8) is 0 Å². The van der Waals surface area contributed by atoms with E-state index >= 15 is 0 Å². The van der Waals surface area contributed by atoms with Gasteiger partial charge in [0.15, 0.2) is 0 Å². The molecule has 1 N–H and O–H groups in total. The van der Waals surface area contributed by atoms with Gasteiger partial charge in [0.25, 0.3) is 0 Å². The average molecular weight is 444 g/mol. The molecule has 2 nitrogen and oxygen atoms in total. The van der Waals surface area contributed by atoms with Crippen molar-refractivity contribution in [1.82, 2.24) is 9.88 Å². The summed E-state index contributed by atoms with van der Waals surface area (Å²) >= 11 is 0. The third-order valence-electron chi connectivity index (χ3n) is 5.89. The fourth-order valence-corrected chi connectivity index (χ4v) is 4.76. The Hall–Kier alpha value is -1.28. The predicted molar refractivity (Wildman–Crippen MR) is 119 cm³/mol. The normalized spacial score (nSPS) is 19.8. The number of hydrogen-bond acceptors (Lipinski definition) is 1. The number of para-hydroxylation sites is 1.